The normalized spacial score (nSPS) is 12.2. The zero-order valence-electron chi connectivity index (χ0n) is 9.00. The molecule has 0 aliphatic rings. The van der Waals surface area contributed by atoms with Crippen LogP contribution in [0.3, 0.4) is 0 Å². The van der Waals surface area contributed by atoms with Crippen molar-refractivity contribution in [3.8, 4) is 0 Å². The molecule has 15 heavy (non-hydrogen) atoms. The molecule has 0 fully saturated rings. The summed E-state index contributed by atoms with van der Waals surface area (Å²) in [6, 6.07) is 5.97. The van der Waals surface area contributed by atoms with Crippen molar-refractivity contribution in [2.45, 2.75) is 26.2 Å². The molecule has 1 rings (SSSR count). The fourth-order valence-corrected chi connectivity index (χ4v) is 1.48. The molecule has 1 aromatic rings. The molecule has 0 saturated carbocycles. The van der Waals surface area contributed by atoms with Crippen LogP contribution in [0, 0.1) is 5.82 Å². The first kappa shape index (κ1) is 11.7. The van der Waals surface area contributed by atoms with Gasteiger partial charge in [-0.1, -0.05) is 19.1 Å². The van der Waals surface area contributed by atoms with Crippen LogP contribution in [0.15, 0.2) is 24.3 Å². The quantitative estimate of drug-likeness (QED) is 0.714. The van der Waals surface area contributed by atoms with E-state index in [2.05, 4.69) is 0 Å². The smallest absolute Gasteiger partial charge is 0.313 e. The predicted molar refractivity (Wildman–Crippen MR) is 56.1 cm³/mol. The first-order valence-electron chi connectivity index (χ1n) is 5.11. The summed E-state index contributed by atoms with van der Waals surface area (Å²) in [6.45, 7) is 4.05. The molecule has 2 nitrogen and oxygen atoms in total. The maximum atomic E-state index is 12.7. The first-order chi connectivity index (χ1) is 7.19. The minimum absolute atomic E-state index is 0.244. The van der Waals surface area contributed by atoms with E-state index < -0.39 is 0 Å². The molecule has 0 amide bonds. The molecule has 0 aliphatic heterocycles. The molecule has 0 N–H and O–H groups in total. The van der Waals surface area contributed by atoms with Crippen LogP contribution in [-0.2, 0) is 9.53 Å². The van der Waals surface area contributed by atoms with E-state index in [1.165, 1.54) is 12.1 Å². The lowest BCUT2D eigenvalue weighted by Crippen LogP contribution is -2.15. The Morgan fingerprint density at radius 3 is 2.40 bits per heavy atom. The fraction of sp³-hybridized carbons (Fsp3) is 0.417. The second kappa shape index (κ2) is 5.49. The van der Waals surface area contributed by atoms with Crippen molar-refractivity contribution in [3.63, 3.8) is 0 Å². The third kappa shape index (κ3) is 3.05. The van der Waals surface area contributed by atoms with Gasteiger partial charge in [-0.25, -0.2) is 4.39 Å². The Morgan fingerprint density at radius 1 is 1.33 bits per heavy atom. The summed E-state index contributed by atoms with van der Waals surface area (Å²) in [5, 5.41) is 0. The average Bonchev–Trinajstić information content (AvgIpc) is 2.22. The molecular weight excluding hydrogens is 195 g/mol. The fourth-order valence-electron chi connectivity index (χ4n) is 1.48. The maximum Gasteiger partial charge on any atom is 0.313 e. The van der Waals surface area contributed by atoms with E-state index >= 15 is 0 Å². The Balaban J connectivity index is 2.82. The van der Waals surface area contributed by atoms with Crippen molar-refractivity contribution < 1.29 is 13.9 Å². The summed E-state index contributed by atoms with van der Waals surface area (Å²) in [6.07, 6.45) is 0.657. The van der Waals surface area contributed by atoms with Crippen LogP contribution in [0.25, 0.3) is 0 Å². The SMILES string of the molecule is CCOC(=O)C(CC)c1ccc(F)cc1. The predicted octanol–water partition coefficient (Wildman–Crippen LogP) is 2.88. The highest BCUT2D eigenvalue weighted by atomic mass is 19.1. The molecule has 1 aromatic carbocycles. The molecular formula is C12H15FO2. The standard InChI is InChI=1S/C12H15FO2/c1-3-11(12(14)15-4-2)9-5-7-10(13)8-6-9/h5-8,11H,3-4H2,1-2H3. The minimum atomic E-state index is -0.294. The van der Waals surface area contributed by atoms with Gasteiger partial charge in [0.2, 0.25) is 0 Å². The number of rotatable bonds is 4. The monoisotopic (exact) mass is 210 g/mol. The highest BCUT2D eigenvalue weighted by Crippen LogP contribution is 2.21. The van der Waals surface area contributed by atoms with Gasteiger partial charge in [0.1, 0.15) is 5.82 Å². The molecule has 3 heteroatoms. The Hall–Kier alpha value is -1.38. The molecule has 0 radical (unpaired) electrons. The van der Waals surface area contributed by atoms with Crippen LogP contribution in [0.1, 0.15) is 31.7 Å². The minimum Gasteiger partial charge on any atom is -0.466 e. The third-order valence-electron chi connectivity index (χ3n) is 2.25. The largest absolute Gasteiger partial charge is 0.466 e. The molecule has 0 bridgehead atoms. The number of esters is 1. The number of halogens is 1. The number of carbonyl (C=O) groups is 1. The second-order valence-corrected chi connectivity index (χ2v) is 3.26. The zero-order chi connectivity index (χ0) is 11.3. The van der Waals surface area contributed by atoms with Gasteiger partial charge in [-0.05, 0) is 31.0 Å². The van der Waals surface area contributed by atoms with Crippen molar-refractivity contribution in [2.24, 2.45) is 0 Å². The Kier molecular flexibility index (Phi) is 4.28. The van der Waals surface area contributed by atoms with Gasteiger partial charge in [-0.15, -0.1) is 0 Å². The van der Waals surface area contributed by atoms with Gasteiger partial charge in [0.25, 0.3) is 0 Å². The van der Waals surface area contributed by atoms with Crippen molar-refractivity contribution >= 4 is 5.97 Å². The first-order valence-corrected chi connectivity index (χ1v) is 5.11. The molecule has 0 spiro atoms. The van der Waals surface area contributed by atoms with E-state index in [0.29, 0.717) is 13.0 Å². The number of hydrogen-bond donors (Lipinski definition) is 0. The van der Waals surface area contributed by atoms with Crippen molar-refractivity contribution in [1.82, 2.24) is 0 Å². The number of hydrogen-bond acceptors (Lipinski definition) is 2. The van der Waals surface area contributed by atoms with Crippen LogP contribution in [0.5, 0.6) is 0 Å². The lowest BCUT2D eigenvalue weighted by Gasteiger charge is -2.13. The highest BCUT2D eigenvalue weighted by molar-refractivity contribution is 5.78. The van der Waals surface area contributed by atoms with Gasteiger partial charge < -0.3 is 4.74 Å². The van der Waals surface area contributed by atoms with Crippen LogP contribution in [0.2, 0.25) is 0 Å². The highest BCUT2D eigenvalue weighted by Gasteiger charge is 2.19. The zero-order valence-corrected chi connectivity index (χ0v) is 9.00. The van der Waals surface area contributed by atoms with Crippen LogP contribution < -0.4 is 0 Å². The van der Waals surface area contributed by atoms with E-state index in [4.69, 9.17) is 4.74 Å². The molecule has 0 saturated heterocycles. The van der Waals surface area contributed by atoms with Crippen molar-refractivity contribution in [1.29, 1.82) is 0 Å². The van der Waals surface area contributed by atoms with Crippen molar-refractivity contribution in [2.75, 3.05) is 6.61 Å². The molecule has 0 aliphatic carbocycles. The number of carbonyl (C=O) groups excluding carboxylic acids is 1. The van der Waals surface area contributed by atoms with Crippen LogP contribution in [-0.4, -0.2) is 12.6 Å². The van der Waals surface area contributed by atoms with Gasteiger partial charge in [-0.3, -0.25) is 4.79 Å². The maximum absolute atomic E-state index is 12.7. The van der Waals surface area contributed by atoms with Crippen LogP contribution >= 0.6 is 0 Å². The van der Waals surface area contributed by atoms with E-state index in [1.807, 2.05) is 6.92 Å². The van der Waals surface area contributed by atoms with E-state index in [-0.39, 0.29) is 17.7 Å². The van der Waals surface area contributed by atoms with Crippen LogP contribution in [0.4, 0.5) is 4.39 Å². The van der Waals surface area contributed by atoms with Gasteiger partial charge in [0, 0.05) is 0 Å². The van der Waals surface area contributed by atoms with Gasteiger partial charge >= 0.3 is 5.97 Å². The topological polar surface area (TPSA) is 26.3 Å². The lowest BCUT2D eigenvalue weighted by molar-refractivity contribution is -0.145. The Morgan fingerprint density at radius 2 is 1.93 bits per heavy atom. The Bertz CT molecular complexity index is 319. The second-order valence-electron chi connectivity index (χ2n) is 3.26. The van der Waals surface area contributed by atoms with E-state index in [0.717, 1.165) is 5.56 Å². The molecule has 0 heterocycles. The lowest BCUT2D eigenvalue weighted by atomic mass is 9.97. The van der Waals surface area contributed by atoms with E-state index in [1.54, 1.807) is 19.1 Å². The summed E-state index contributed by atoms with van der Waals surface area (Å²) in [5.41, 5.74) is 0.803. The molecule has 0 aromatic heterocycles. The summed E-state index contributed by atoms with van der Waals surface area (Å²) in [5.74, 6) is -0.824. The summed E-state index contributed by atoms with van der Waals surface area (Å²) >= 11 is 0. The number of benzene rings is 1. The van der Waals surface area contributed by atoms with Gasteiger partial charge in [-0.2, -0.15) is 0 Å². The summed E-state index contributed by atoms with van der Waals surface area (Å²) < 4.78 is 17.6. The summed E-state index contributed by atoms with van der Waals surface area (Å²) in [4.78, 5) is 11.5. The summed E-state index contributed by atoms with van der Waals surface area (Å²) in [7, 11) is 0. The molecule has 82 valence electrons. The third-order valence-corrected chi connectivity index (χ3v) is 2.25. The number of ether oxygens (including phenoxy) is 1. The molecule has 1 unspecified atom stereocenters. The Labute approximate surface area is 89.1 Å². The van der Waals surface area contributed by atoms with Crippen molar-refractivity contribution in [3.05, 3.63) is 35.6 Å². The molecule has 1 atom stereocenters. The van der Waals surface area contributed by atoms with E-state index in [9.17, 15) is 9.18 Å². The average molecular weight is 210 g/mol. The van der Waals surface area contributed by atoms with Gasteiger partial charge in [0.05, 0.1) is 12.5 Å². The van der Waals surface area contributed by atoms with Gasteiger partial charge in [0.15, 0.2) is 0 Å².